The largest absolute Gasteiger partial charge is 0.463 e. The second-order valence-electron chi connectivity index (χ2n) is 4.19. The van der Waals surface area contributed by atoms with Crippen LogP contribution in [0, 0.1) is 0 Å². The van der Waals surface area contributed by atoms with Gasteiger partial charge in [-0.3, -0.25) is 4.79 Å². The van der Waals surface area contributed by atoms with Crippen molar-refractivity contribution in [1.82, 2.24) is 10.2 Å². The van der Waals surface area contributed by atoms with Gasteiger partial charge >= 0.3 is 5.97 Å². The minimum absolute atomic E-state index is 0.0391. The molecular weight excluding hydrogens is 236 g/mol. The monoisotopic (exact) mass is 252 g/mol. The van der Waals surface area contributed by atoms with E-state index in [2.05, 4.69) is 10.1 Å². The highest BCUT2D eigenvalue weighted by Gasteiger charge is 2.25. The zero-order valence-electron chi connectivity index (χ0n) is 10.4. The van der Waals surface area contributed by atoms with Gasteiger partial charge in [-0.15, -0.1) is 0 Å². The Balaban J connectivity index is 2.03. The summed E-state index contributed by atoms with van der Waals surface area (Å²) < 4.78 is 9.89. The Morgan fingerprint density at radius 3 is 3.11 bits per heavy atom. The van der Waals surface area contributed by atoms with Crippen molar-refractivity contribution in [3.05, 3.63) is 23.7 Å². The highest BCUT2D eigenvalue weighted by atomic mass is 16.5. The van der Waals surface area contributed by atoms with Gasteiger partial charge in [-0.25, -0.2) is 4.79 Å². The lowest BCUT2D eigenvalue weighted by Gasteiger charge is -2.30. The highest BCUT2D eigenvalue weighted by molar-refractivity contribution is 5.86. The second-order valence-corrected chi connectivity index (χ2v) is 4.19. The van der Waals surface area contributed by atoms with Crippen LogP contribution in [-0.4, -0.2) is 43.0 Å². The molecule has 0 bridgehead atoms. The van der Waals surface area contributed by atoms with E-state index in [4.69, 9.17) is 4.42 Å². The van der Waals surface area contributed by atoms with E-state index in [1.807, 2.05) is 6.92 Å². The third kappa shape index (κ3) is 2.53. The van der Waals surface area contributed by atoms with E-state index in [1.165, 1.54) is 7.11 Å². The molecule has 0 spiro atoms. The number of methoxy groups -OCH3 is 1. The minimum Gasteiger partial charge on any atom is -0.463 e. The van der Waals surface area contributed by atoms with Crippen LogP contribution in [0.3, 0.4) is 0 Å². The number of amides is 1. The fourth-order valence-corrected chi connectivity index (χ4v) is 1.91. The van der Waals surface area contributed by atoms with Crippen molar-refractivity contribution in [2.45, 2.75) is 19.5 Å². The number of ether oxygens (including phenoxy) is 1. The summed E-state index contributed by atoms with van der Waals surface area (Å²) in [5.41, 5.74) is 0. The van der Waals surface area contributed by atoms with Crippen LogP contribution in [0.5, 0.6) is 0 Å². The summed E-state index contributed by atoms with van der Waals surface area (Å²) in [5, 5.41) is 3.08. The van der Waals surface area contributed by atoms with E-state index in [9.17, 15) is 9.59 Å². The number of hydrogen-bond donors (Lipinski definition) is 1. The summed E-state index contributed by atoms with van der Waals surface area (Å²) in [5.74, 6) is 0.263. The maximum absolute atomic E-state index is 11.9. The number of carbonyl (C=O) groups is 2. The van der Waals surface area contributed by atoms with Gasteiger partial charge in [0.25, 0.3) is 0 Å². The van der Waals surface area contributed by atoms with Crippen LogP contribution < -0.4 is 5.32 Å². The first-order chi connectivity index (χ1) is 8.61. The van der Waals surface area contributed by atoms with Gasteiger partial charge in [0, 0.05) is 13.1 Å². The molecule has 2 heterocycles. The quantitative estimate of drug-likeness (QED) is 0.788. The molecule has 1 fully saturated rings. The molecule has 1 atom stereocenters. The highest BCUT2D eigenvalue weighted by Crippen LogP contribution is 2.13. The minimum atomic E-state index is -0.513. The van der Waals surface area contributed by atoms with E-state index >= 15 is 0 Å². The number of rotatable bonds is 3. The summed E-state index contributed by atoms with van der Waals surface area (Å²) in [7, 11) is 1.30. The first-order valence-corrected chi connectivity index (χ1v) is 5.81. The number of furan rings is 1. The lowest BCUT2D eigenvalue weighted by Crippen LogP contribution is -2.53. The molecule has 1 saturated heterocycles. The van der Waals surface area contributed by atoms with Gasteiger partial charge in [-0.2, -0.15) is 0 Å². The van der Waals surface area contributed by atoms with E-state index in [1.54, 1.807) is 17.0 Å². The molecule has 18 heavy (non-hydrogen) atoms. The van der Waals surface area contributed by atoms with Gasteiger partial charge in [-0.05, 0) is 19.1 Å². The Morgan fingerprint density at radius 1 is 1.61 bits per heavy atom. The molecule has 6 nitrogen and oxygen atoms in total. The molecule has 0 aliphatic carbocycles. The molecular formula is C12H16N2O4. The average molecular weight is 252 g/mol. The molecule has 98 valence electrons. The fourth-order valence-electron chi connectivity index (χ4n) is 1.91. The fraction of sp³-hybridized carbons (Fsp3) is 0.500. The molecule has 2 rings (SSSR count). The Labute approximate surface area is 105 Å². The maximum atomic E-state index is 11.9. The molecule has 1 aliphatic rings. The number of nitrogens with zero attached hydrogens (tertiary/aromatic N) is 1. The van der Waals surface area contributed by atoms with Crippen LogP contribution >= 0.6 is 0 Å². The van der Waals surface area contributed by atoms with Crippen LogP contribution in [0.1, 0.15) is 23.2 Å². The Bertz CT molecular complexity index is 455. The molecule has 0 radical (unpaired) electrons. The van der Waals surface area contributed by atoms with Crippen LogP contribution in [0.2, 0.25) is 0 Å². The number of esters is 1. The molecule has 1 N–H and O–H groups in total. The predicted molar refractivity (Wildman–Crippen MR) is 62.9 cm³/mol. The maximum Gasteiger partial charge on any atom is 0.373 e. The molecule has 0 saturated carbocycles. The van der Waals surface area contributed by atoms with E-state index in [-0.39, 0.29) is 17.7 Å². The zero-order chi connectivity index (χ0) is 13.1. The predicted octanol–water partition coefficient (Wildman–Crippen LogP) is 0.387. The van der Waals surface area contributed by atoms with Crippen LogP contribution in [0.15, 0.2) is 16.5 Å². The van der Waals surface area contributed by atoms with Gasteiger partial charge in [0.1, 0.15) is 5.76 Å². The van der Waals surface area contributed by atoms with Gasteiger partial charge in [0.05, 0.1) is 19.7 Å². The molecule has 1 aromatic heterocycles. The van der Waals surface area contributed by atoms with Crippen molar-refractivity contribution in [2.75, 3.05) is 20.2 Å². The SMILES string of the molecule is COC(=O)c1ccc(CN2CCNC(C)C2=O)o1. The van der Waals surface area contributed by atoms with Crippen LogP contribution in [-0.2, 0) is 16.1 Å². The summed E-state index contributed by atoms with van der Waals surface area (Å²) in [4.78, 5) is 24.8. The normalized spacial score (nSPS) is 20.0. The standard InChI is InChI=1S/C12H16N2O4/c1-8-11(15)14(6-5-13-8)7-9-3-4-10(18-9)12(16)17-2/h3-4,8,13H,5-7H2,1-2H3. The van der Waals surface area contributed by atoms with Crippen molar-refractivity contribution in [1.29, 1.82) is 0 Å². The van der Waals surface area contributed by atoms with Crippen molar-refractivity contribution in [3.8, 4) is 0 Å². The lowest BCUT2D eigenvalue weighted by atomic mass is 10.2. The number of hydrogen-bond acceptors (Lipinski definition) is 5. The average Bonchev–Trinajstić information content (AvgIpc) is 2.82. The van der Waals surface area contributed by atoms with Gasteiger partial charge < -0.3 is 19.4 Å². The zero-order valence-corrected chi connectivity index (χ0v) is 10.4. The Hall–Kier alpha value is -1.82. The summed E-state index contributed by atoms with van der Waals surface area (Å²) >= 11 is 0. The van der Waals surface area contributed by atoms with Crippen molar-refractivity contribution in [3.63, 3.8) is 0 Å². The Morgan fingerprint density at radius 2 is 2.39 bits per heavy atom. The molecule has 1 amide bonds. The van der Waals surface area contributed by atoms with E-state index in [0.29, 0.717) is 18.8 Å². The van der Waals surface area contributed by atoms with Crippen LogP contribution in [0.25, 0.3) is 0 Å². The molecule has 1 aliphatic heterocycles. The first-order valence-electron chi connectivity index (χ1n) is 5.81. The van der Waals surface area contributed by atoms with Crippen LogP contribution in [0.4, 0.5) is 0 Å². The van der Waals surface area contributed by atoms with Gasteiger partial charge in [0.2, 0.25) is 11.7 Å². The molecule has 6 heteroatoms. The molecule has 1 unspecified atom stereocenters. The number of carbonyl (C=O) groups excluding carboxylic acids is 2. The topological polar surface area (TPSA) is 71.8 Å². The first kappa shape index (κ1) is 12.6. The second kappa shape index (κ2) is 5.22. The van der Waals surface area contributed by atoms with E-state index in [0.717, 1.165) is 6.54 Å². The van der Waals surface area contributed by atoms with Crippen molar-refractivity contribution >= 4 is 11.9 Å². The Kier molecular flexibility index (Phi) is 3.66. The summed E-state index contributed by atoms with van der Waals surface area (Å²) in [6, 6.07) is 3.07. The summed E-state index contributed by atoms with van der Waals surface area (Å²) in [6.07, 6.45) is 0. The van der Waals surface area contributed by atoms with E-state index < -0.39 is 5.97 Å². The van der Waals surface area contributed by atoms with Crippen molar-refractivity contribution < 1.29 is 18.7 Å². The lowest BCUT2D eigenvalue weighted by molar-refractivity contribution is -0.136. The molecule has 1 aromatic rings. The smallest absolute Gasteiger partial charge is 0.373 e. The van der Waals surface area contributed by atoms with Gasteiger partial charge in [0.15, 0.2) is 0 Å². The number of nitrogens with one attached hydrogen (secondary N) is 1. The third-order valence-corrected chi connectivity index (χ3v) is 2.91. The van der Waals surface area contributed by atoms with Crippen molar-refractivity contribution in [2.24, 2.45) is 0 Å². The van der Waals surface area contributed by atoms with Gasteiger partial charge in [-0.1, -0.05) is 0 Å². The summed E-state index contributed by atoms with van der Waals surface area (Å²) in [6.45, 7) is 3.60. The number of piperazine rings is 1. The third-order valence-electron chi connectivity index (χ3n) is 2.91. The molecule has 0 aromatic carbocycles.